The minimum absolute atomic E-state index is 0.197. The fraction of sp³-hybridized carbons (Fsp3) is 0.800. The highest BCUT2D eigenvalue weighted by molar-refractivity contribution is 8.01. The third-order valence-electron chi connectivity index (χ3n) is 1.08. The maximum atomic E-state index is 10.6. The molecular formula is C5H7ClOS. The molecule has 1 nitrogen and oxygen atoms in total. The van der Waals surface area contributed by atoms with Crippen molar-refractivity contribution in [2.45, 2.75) is 17.6 Å². The molecule has 0 aliphatic carbocycles. The molecule has 1 aliphatic heterocycles. The number of hydrogen-bond donors (Lipinski definition) is 0. The topological polar surface area (TPSA) is 17.1 Å². The zero-order valence-electron chi connectivity index (χ0n) is 4.39. The Morgan fingerprint density at radius 2 is 2.50 bits per heavy atom. The Balaban J connectivity index is 2.39. The van der Waals surface area contributed by atoms with Gasteiger partial charge in [-0.05, 0) is 12.2 Å². The second kappa shape index (κ2) is 2.74. The molecule has 0 aromatic carbocycles. The van der Waals surface area contributed by atoms with Crippen LogP contribution in [0.4, 0.5) is 0 Å². The quantitative estimate of drug-likeness (QED) is 0.489. The van der Waals surface area contributed by atoms with Crippen molar-refractivity contribution in [3.63, 3.8) is 0 Å². The van der Waals surface area contributed by atoms with Crippen molar-refractivity contribution >= 4 is 29.1 Å². The van der Waals surface area contributed by atoms with Gasteiger partial charge < -0.3 is 0 Å². The van der Waals surface area contributed by atoms with Crippen LogP contribution < -0.4 is 0 Å². The summed E-state index contributed by atoms with van der Waals surface area (Å²) in [5, 5.41) is 0. The molecule has 1 fully saturated rings. The molecule has 46 valence electrons. The first-order valence-corrected chi connectivity index (χ1v) is 4.07. The molecule has 3 heteroatoms. The van der Waals surface area contributed by atoms with Gasteiger partial charge in [-0.2, -0.15) is 0 Å². The molecule has 0 spiro atoms. The van der Waals surface area contributed by atoms with Gasteiger partial charge in [-0.1, -0.05) is 0 Å². The molecule has 1 saturated heterocycles. The molecule has 1 atom stereocenters. The third kappa shape index (κ3) is 1.39. The van der Waals surface area contributed by atoms with Crippen molar-refractivity contribution in [3.8, 4) is 0 Å². The van der Waals surface area contributed by atoms with Crippen LogP contribution in [0.15, 0.2) is 0 Å². The Hall–Kier alpha value is 0.310. The minimum Gasteiger partial charge on any atom is -0.297 e. The number of carbonyl (C=O) groups excluding carboxylic acids is 1. The van der Waals surface area contributed by atoms with Crippen LogP contribution in [0.5, 0.6) is 0 Å². The van der Waals surface area contributed by atoms with Crippen LogP contribution >= 0.6 is 23.4 Å². The molecule has 8 heavy (non-hydrogen) atoms. The van der Waals surface area contributed by atoms with Crippen LogP contribution in [-0.4, -0.2) is 16.2 Å². The summed E-state index contributed by atoms with van der Waals surface area (Å²) in [6.45, 7) is 0. The first kappa shape index (κ1) is 6.43. The van der Waals surface area contributed by atoms with Crippen LogP contribution in [0.25, 0.3) is 0 Å². The zero-order chi connectivity index (χ0) is 5.98. The lowest BCUT2D eigenvalue weighted by Gasteiger charge is -2.12. The highest BCUT2D eigenvalue weighted by Crippen LogP contribution is 2.24. The lowest BCUT2D eigenvalue weighted by Crippen LogP contribution is -2.15. The number of ketones is 1. The molecule has 1 rings (SSSR count). The van der Waals surface area contributed by atoms with E-state index in [2.05, 4.69) is 0 Å². The maximum Gasteiger partial charge on any atom is 0.160 e. The van der Waals surface area contributed by atoms with E-state index in [1.54, 1.807) is 11.8 Å². The normalized spacial score (nSPS) is 30.6. The van der Waals surface area contributed by atoms with Crippen molar-refractivity contribution < 1.29 is 4.79 Å². The lowest BCUT2D eigenvalue weighted by molar-refractivity contribution is -0.117. The first-order valence-electron chi connectivity index (χ1n) is 2.59. The van der Waals surface area contributed by atoms with Gasteiger partial charge in [0, 0.05) is 6.42 Å². The molecule has 1 unspecified atom stereocenters. The number of thioether (sulfide) groups is 1. The van der Waals surface area contributed by atoms with E-state index in [1.807, 2.05) is 0 Å². The Kier molecular flexibility index (Phi) is 2.20. The Morgan fingerprint density at radius 1 is 1.75 bits per heavy atom. The summed E-state index contributed by atoms with van der Waals surface area (Å²) in [4.78, 5) is 10.6. The van der Waals surface area contributed by atoms with Crippen LogP contribution in [0, 0.1) is 0 Å². The number of hydrogen-bond acceptors (Lipinski definition) is 2. The van der Waals surface area contributed by atoms with Gasteiger partial charge in [-0.15, -0.1) is 23.4 Å². The Bertz CT molecular complexity index is 105. The van der Waals surface area contributed by atoms with Crippen molar-refractivity contribution in [1.82, 2.24) is 0 Å². The average molecular weight is 151 g/mol. The zero-order valence-corrected chi connectivity index (χ0v) is 5.97. The van der Waals surface area contributed by atoms with E-state index in [9.17, 15) is 4.79 Å². The first-order chi connectivity index (χ1) is 3.80. The molecule has 0 aromatic heterocycles. The summed E-state index contributed by atoms with van der Waals surface area (Å²) in [6.07, 6.45) is 1.69. The molecule has 1 aliphatic rings. The molecule has 0 bridgehead atoms. The fourth-order valence-electron chi connectivity index (χ4n) is 0.640. The molecule has 0 radical (unpaired) electrons. The lowest BCUT2D eigenvalue weighted by atomic mass is 10.2. The Morgan fingerprint density at radius 3 is 2.88 bits per heavy atom. The standard InChI is InChI=1S/C5H7ClOS/c6-5-4(7)2-1-3-8-5/h5H,1-3H2. The summed E-state index contributed by atoms with van der Waals surface area (Å²) in [5.74, 6) is 1.24. The number of alkyl halides is 1. The number of carbonyl (C=O) groups is 1. The second-order valence-corrected chi connectivity index (χ2v) is 3.66. The van der Waals surface area contributed by atoms with Crippen LogP contribution in [0.3, 0.4) is 0 Å². The summed E-state index contributed by atoms with van der Waals surface area (Å²) in [5.41, 5.74) is 0. The summed E-state index contributed by atoms with van der Waals surface area (Å²) < 4.78 is -0.247. The van der Waals surface area contributed by atoms with Gasteiger partial charge in [-0.3, -0.25) is 4.79 Å². The van der Waals surface area contributed by atoms with E-state index in [0.717, 1.165) is 12.2 Å². The van der Waals surface area contributed by atoms with E-state index in [-0.39, 0.29) is 10.5 Å². The molecular weight excluding hydrogens is 144 g/mol. The highest BCUT2D eigenvalue weighted by atomic mass is 35.5. The summed E-state index contributed by atoms with van der Waals surface area (Å²) in [7, 11) is 0. The van der Waals surface area contributed by atoms with Gasteiger partial charge in [0.1, 0.15) is 4.71 Å². The van der Waals surface area contributed by atoms with Crippen LogP contribution in [0.1, 0.15) is 12.8 Å². The smallest absolute Gasteiger partial charge is 0.160 e. The van der Waals surface area contributed by atoms with E-state index in [0.29, 0.717) is 6.42 Å². The monoisotopic (exact) mass is 150 g/mol. The second-order valence-electron chi connectivity index (χ2n) is 1.76. The van der Waals surface area contributed by atoms with Gasteiger partial charge in [0.2, 0.25) is 0 Å². The van der Waals surface area contributed by atoms with Crippen molar-refractivity contribution in [1.29, 1.82) is 0 Å². The maximum absolute atomic E-state index is 10.6. The Labute approximate surface area is 57.8 Å². The predicted octanol–water partition coefficient (Wildman–Crippen LogP) is 1.65. The predicted molar refractivity (Wildman–Crippen MR) is 36.3 cm³/mol. The summed E-state index contributed by atoms with van der Waals surface area (Å²) in [6, 6.07) is 0. The van der Waals surface area contributed by atoms with E-state index >= 15 is 0 Å². The SMILES string of the molecule is O=C1CCCSC1Cl. The minimum atomic E-state index is -0.247. The van der Waals surface area contributed by atoms with Crippen molar-refractivity contribution in [3.05, 3.63) is 0 Å². The van der Waals surface area contributed by atoms with Gasteiger partial charge >= 0.3 is 0 Å². The average Bonchev–Trinajstić information content (AvgIpc) is 1.77. The molecule has 0 aromatic rings. The number of Topliss-reactive ketones (excluding diaryl/α,β-unsaturated/α-hetero) is 1. The summed E-state index contributed by atoms with van der Waals surface area (Å²) >= 11 is 7.12. The molecule has 0 amide bonds. The van der Waals surface area contributed by atoms with E-state index < -0.39 is 0 Å². The third-order valence-corrected chi connectivity index (χ3v) is 2.79. The molecule has 0 N–H and O–H groups in total. The van der Waals surface area contributed by atoms with E-state index in [4.69, 9.17) is 11.6 Å². The van der Waals surface area contributed by atoms with Gasteiger partial charge in [0.15, 0.2) is 5.78 Å². The van der Waals surface area contributed by atoms with Crippen molar-refractivity contribution in [2.24, 2.45) is 0 Å². The van der Waals surface area contributed by atoms with Crippen molar-refractivity contribution in [2.75, 3.05) is 5.75 Å². The van der Waals surface area contributed by atoms with Crippen LogP contribution in [0.2, 0.25) is 0 Å². The molecule has 0 saturated carbocycles. The van der Waals surface area contributed by atoms with Crippen LogP contribution in [-0.2, 0) is 4.79 Å². The number of halogens is 1. The fourth-order valence-corrected chi connectivity index (χ4v) is 1.84. The highest BCUT2D eigenvalue weighted by Gasteiger charge is 2.19. The van der Waals surface area contributed by atoms with Gasteiger partial charge in [0.05, 0.1) is 0 Å². The van der Waals surface area contributed by atoms with Gasteiger partial charge in [-0.25, -0.2) is 0 Å². The van der Waals surface area contributed by atoms with E-state index in [1.165, 1.54) is 0 Å². The number of rotatable bonds is 0. The molecule has 1 heterocycles. The largest absolute Gasteiger partial charge is 0.297 e. The van der Waals surface area contributed by atoms with Gasteiger partial charge in [0.25, 0.3) is 0 Å².